The van der Waals surface area contributed by atoms with Crippen molar-refractivity contribution in [1.82, 2.24) is 14.8 Å². The highest BCUT2D eigenvalue weighted by atomic mass is 16.5. The quantitative estimate of drug-likeness (QED) is 0.724. The topological polar surface area (TPSA) is 84.0 Å². The Kier molecular flexibility index (Phi) is 9.01. The Morgan fingerprint density at radius 2 is 2.06 bits per heavy atom. The predicted octanol–water partition coefficient (Wildman–Crippen LogP) is 3.44. The van der Waals surface area contributed by atoms with Crippen LogP contribution in [0.4, 0.5) is 5.69 Å². The van der Waals surface area contributed by atoms with Crippen molar-refractivity contribution < 1.29 is 19.1 Å². The lowest BCUT2D eigenvalue weighted by molar-refractivity contribution is -0.115. The van der Waals surface area contributed by atoms with Gasteiger partial charge in [0.25, 0.3) is 5.91 Å². The number of anilines is 1. The molecule has 0 saturated heterocycles. The summed E-state index contributed by atoms with van der Waals surface area (Å²) in [6.45, 7) is 8.42. The zero-order valence-corrected chi connectivity index (χ0v) is 20.8. The highest BCUT2D eigenvalue weighted by molar-refractivity contribution is 5.98. The molecular weight excluding hydrogens is 432 g/mol. The van der Waals surface area contributed by atoms with Crippen molar-refractivity contribution in [3.05, 3.63) is 53.9 Å². The molecule has 34 heavy (non-hydrogen) atoms. The van der Waals surface area contributed by atoms with Gasteiger partial charge in [0, 0.05) is 70.4 Å². The number of ether oxygens (including phenoxy) is 2. The van der Waals surface area contributed by atoms with Crippen LogP contribution in [0.2, 0.25) is 0 Å². The van der Waals surface area contributed by atoms with Crippen molar-refractivity contribution in [2.75, 3.05) is 39.2 Å². The number of methoxy groups -OCH3 is 1. The molecule has 3 atom stereocenters. The lowest BCUT2D eigenvalue weighted by Gasteiger charge is -2.36. The number of nitrogens with one attached hydrogen (secondary N) is 1. The number of carbonyl (C=O) groups is 2. The van der Waals surface area contributed by atoms with Gasteiger partial charge in [0.05, 0.1) is 11.7 Å². The molecule has 2 aromatic rings. The molecule has 1 aromatic heterocycles. The van der Waals surface area contributed by atoms with E-state index in [1.165, 1.54) is 0 Å². The van der Waals surface area contributed by atoms with Gasteiger partial charge in [0.2, 0.25) is 5.91 Å². The Bertz CT molecular complexity index is 969. The van der Waals surface area contributed by atoms with Crippen LogP contribution in [0.5, 0.6) is 5.75 Å². The fourth-order valence-corrected chi connectivity index (χ4v) is 4.12. The number of carbonyl (C=O) groups excluding carboxylic acids is 2. The Balaban J connectivity index is 1.94. The summed E-state index contributed by atoms with van der Waals surface area (Å²) >= 11 is 0. The molecule has 0 fully saturated rings. The summed E-state index contributed by atoms with van der Waals surface area (Å²) in [5.74, 6) is 0.411. The minimum Gasteiger partial charge on any atom is -0.491 e. The van der Waals surface area contributed by atoms with Crippen molar-refractivity contribution in [3.63, 3.8) is 0 Å². The van der Waals surface area contributed by atoms with Gasteiger partial charge >= 0.3 is 0 Å². The lowest BCUT2D eigenvalue weighted by atomic mass is 10.0. The number of rotatable bonds is 5. The van der Waals surface area contributed by atoms with E-state index >= 15 is 0 Å². The van der Waals surface area contributed by atoms with Crippen LogP contribution in [0, 0.1) is 5.92 Å². The van der Waals surface area contributed by atoms with Crippen molar-refractivity contribution in [2.24, 2.45) is 5.92 Å². The molecular formula is C26H36N4O4. The normalized spacial score (nSPS) is 22.2. The van der Waals surface area contributed by atoms with Gasteiger partial charge in [-0.15, -0.1) is 0 Å². The average Bonchev–Trinajstić information content (AvgIpc) is 2.84. The Morgan fingerprint density at radius 1 is 1.26 bits per heavy atom. The molecule has 8 nitrogen and oxygen atoms in total. The fourth-order valence-electron chi connectivity index (χ4n) is 4.12. The van der Waals surface area contributed by atoms with Crippen molar-refractivity contribution in [3.8, 4) is 5.75 Å². The molecule has 1 aliphatic heterocycles. The summed E-state index contributed by atoms with van der Waals surface area (Å²) in [5.41, 5.74) is 2.20. The third-order valence-electron chi connectivity index (χ3n) is 6.29. The Hall–Kier alpha value is -2.97. The molecule has 0 aliphatic carbocycles. The molecule has 8 heteroatoms. The minimum atomic E-state index is -0.141. The smallest absolute Gasteiger partial charge is 0.257 e. The third kappa shape index (κ3) is 6.55. The molecule has 1 aliphatic rings. The highest BCUT2D eigenvalue weighted by Crippen LogP contribution is 2.27. The van der Waals surface area contributed by atoms with Gasteiger partial charge in [-0.3, -0.25) is 19.5 Å². The van der Waals surface area contributed by atoms with E-state index in [1.807, 2.05) is 12.3 Å². The number of fused-ring (bicyclic) bond motifs is 1. The first-order valence-corrected chi connectivity index (χ1v) is 11.8. The van der Waals surface area contributed by atoms with Gasteiger partial charge in [-0.1, -0.05) is 19.9 Å². The maximum Gasteiger partial charge on any atom is 0.257 e. The van der Waals surface area contributed by atoms with Crippen molar-refractivity contribution >= 4 is 17.5 Å². The zero-order chi connectivity index (χ0) is 24.7. The molecule has 184 valence electrons. The predicted molar refractivity (Wildman–Crippen MR) is 132 cm³/mol. The number of aromatic nitrogens is 1. The lowest BCUT2D eigenvalue weighted by Crippen LogP contribution is -2.46. The van der Waals surface area contributed by atoms with E-state index in [9.17, 15) is 9.59 Å². The fraction of sp³-hybridized carbons (Fsp3) is 0.500. The average molecular weight is 469 g/mol. The molecule has 0 saturated carbocycles. The number of nitrogens with zero attached hydrogens (tertiary/aromatic N) is 3. The monoisotopic (exact) mass is 468 g/mol. The number of pyridine rings is 1. The van der Waals surface area contributed by atoms with Crippen LogP contribution in [-0.4, -0.2) is 72.6 Å². The summed E-state index contributed by atoms with van der Waals surface area (Å²) in [6.07, 6.45) is 3.90. The third-order valence-corrected chi connectivity index (χ3v) is 6.29. The largest absolute Gasteiger partial charge is 0.491 e. The van der Waals surface area contributed by atoms with Gasteiger partial charge in [-0.2, -0.15) is 0 Å². The molecule has 2 heterocycles. The molecule has 0 unspecified atom stereocenters. The van der Waals surface area contributed by atoms with E-state index in [4.69, 9.17) is 9.47 Å². The van der Waals surface area contributed by atoms with E-state index in [2.05, 4.69) is 35.1 Å². The van der Waals surface area contributed by atoms with Crippen LogP contribution in [0.3, 0.4) is 0 Å². The van der Waals surface area contributed by atoms with Crippen LogP contribution in [0.1, 0.15) is 43.1 Å². The van der Waals surface area contributed by atoms with E-state index in [0.29, 0.717) is 36.6 Å². The number of likely N-dealkylation sites (N-methyl/N-ethyl adjacent to an activating group) is 1. The first-order valence-electron chi connectivity index (χ1n) is 11.8. The molecule has 0 radical (unpaired) electrons. The Labute approximate surface area is 202 Å². The van der Waals surface area contributed by atoms with Crippen LogP contribution in [0.15, 0.2) is 42.7 Å². The summed E-state index contributed by atoms with van der Waals surface area (Å²) in [7, 11) is 3.47. The van der Waals surface area contributed by atoms with Crippen LogP contribution in [0.25, 0.3) is 0 Å². The van der Waals surface area contributed by atoms with Crippen LogP contribution >= 0.6 is 0 Å². The summed E-state index contributed by atoms with van der Waals surface area (Å²) < 4.78 is 12.0. The standard InChI is InChI=1S/C26H36N4O4/c1-6-25(31)28-21-9-10-22-23(12-21)34-17-19(3)30(15-20-8-7-11-27-13-20)14-18(2)24(33-5)16-29(4)26(22)32/h7-13,18-19,24H,6,14-17H2,1-5H3,(H,28,31)/t18-,19+,24-/m0/s1. The summed E-state index contributed by atoms with van der Waals surface area (Å²) in [6, 6.07) is 9.26. The van der Waals surface area contributed by atoms with Gasteiger partial charge in [0.1, 0.15) is 12.4 Å². The highest BCUT2D eigenvalue weighted by Gasteiger charge is 2.28. The second-order valence-electron chi connectivity index (χ2n) is 9.00. The molecule has 0 bridgehead atoms. The summed E-state index contributed by atoms with van der Waals surface area (Å²) in [5, 5.41) is 2.85. The molecule has 0 spiro atoms. The molecule has 1 N–H and O–H groups in total. The van der Waals surface area contributed by atoms with Crippen molar-refractivity contribution in [1.29, 1.82) is 0 Å². The summed E-state index contributed by atoms with van der Waals surface area (Å²) in [4.78, 5) is 33.5. The zero-order valence-electron chi connectivity index (χ0n) is 20.8. The first-order chi connectivity index (χ1) is 16.3. The molecule has 1 aromatic carbocycles. The number of benzene rings is 1. The van der Waals surface area contributed by atoms with E-state index in [1.54, 1.807) is 50.4 Å². The van der Waals surface area contributed by atoms with E-state index in [-0.39, 0.29) is 29.9 Å². The number of hydrogen-bond donors (Lipinski definition) is 1. The van der Waals surface area contributed by atoms with Crippen LogP contribution in [-0.2, 0) is 16.1 Å². The van der Waals surface area contributed by atoms with Crippen LogP contribution < -0.4 is 10.1 Å². The maximum absolute atomic E-state index is 13.3. The first kappa shape index (κ1) is 25.6. The second-order valence-corrected chi connectivity index (χ2v) is 9.00. The SMILES string of the molecule is CCC(=O)Nc1ccc2c(c1)OC[C@@H](C)N(Cc1cccnc1)C[C@H](C)[C@@H](OC)CN(C)C2=O. The van der Waals surface area contributed by atoms with Crippen molar-refractivity contribution in [2.45, 2.75) is 45.9 Å². The maximum atomic E-state index is 13.3. The van der Waals surface area contributed by atoms with Gasteiger partial charge < -0.3 is 19.7 Å². The minimum absolute atomic E-state index is 0.0640. The van der Waals surface area contributed by atoms with E-state index < -0.39 is 0 Å². The second kappa shape index (κ2) is 11.9. The Morgan fingerprint density at radius 3 is 2.74 bits per heavy atom. The number of hydrogen-bond acceptors (Lipinski definition) is 6. The van der Waals surface area contributed by atoms with E-state index in [0.717, 1.165) is 18.7 Å². The van der Waals surface area contributed by atoms with Gasteiger partial charge in [0.15, 0.2) is 0 Å². The van der Waals surface area contributed by atoms with Gasteiger partial charge in [-0.25, -0.2) is 0 Å². The number of amides is 2. The van der Waals surface area contributed by atoms with Gasteiger partial charge in [-0.05, 0) is 36.6 Å². The molecule has 2 amide bonds. The molecule has 3 rings (SSSR count).